The minimum Gasteiger partial charge on any atom is -0.497 e. The number of halogens is 1. The van der Waals surface area contributed by atoms with Crippen LogP contribution in [0.1, 0.15) is 5.56 Å². The van der Waals surface area contributed by atoms with Gasteiger partial charge in [-0.25, -0.2) is 8.42 Å². The van der Waals surface area contributed by atoms with Crippen molar-refractivity contribution >= 4 is 33.4 Å². The number of methoxy groups -OCH3 is 1. The third kappa shape index (κ3) is 4.26. The Morgan fingerprint density at radius 1 is 1.06 bits per heavy atom. The zero-order chi connectivity index (χ0) is 22.2. The number of nitrogens with zero attached hydrogens (tertiary/aromatic N) is 2. The molecule has 8 nitrogen and oxygen atoms in total. The van der Waals surface area contributed by atoms with E-state index in [-0.39, 0.29) is 36.3 Å². The lowest BCUT2D eigenvalue weighted by Crippen LogP contribution is -2.69. The van der Waals surface area contributed by atoms with E-state index in [1.807, 2.05) is 12.1 Å². The van der Waals surface area contributed by atoms with Crippen molar-refractivity contribution in [3.63, 3.8) is 0 Å². The standard InChI is InChI=1S/C21H22ClN3O5S/c1-30-16-6-2-14(3-7-16)12-18-21(27)25-11-10-24(13-19(25)20(26)23-18)31(28,29)17-8-4-15(22)5-9-17/h2-9,18-19H,10-13H2,1H3,(H,23,26)/t18-,19+/m0/s1. The fourth-order valence-corrected chi connectivity index (χ4v) is 5.45. The van der Waals surface area contributed by atoms with Gasteiger partial charge in [-0.3, -0.25) is 9.59 Å². The number of nitrogens with one attached hydrogen (secondary N) is 1. The molecule has 1 N–H and O–H groups in total. The van der Waals surface area contributed by atoms with Crippen molar-refractivity contribution in [3.05, 3.63) is 59.1 Å². The Balaban J connectivity index is 1.47. The molecule has 10 heteroatoms. The van der Waals surface area contributed by atoms with E-state index in [0.29, 0.717) is 17.2 Å². The van der Waals surface area contributed by atoms with Crippen LogP contribution in [-0.4, -0.2) is 68.3 Å². The number of carbonyl (C=O) groups excluding carboxylic acids is 2. The van der Waals surface area contributed by atoms with Gasteiger partial charge in [0.2, 0.25) is 21.8 Å². The maximum absolute atomic E-state index is 13.0. The second-order valence-corrected chi connectivity index (χ2v) is 9.85. The molecule has 2 aliphatic heterocycles. The Bertz CT molecular complexity index is 1090. The van der Waals surface area contributed by atoms with E-state index in [0.717, 1.165) is 5.56 Å². The van der Waals surface area contributed by atoms with E-state index >= 15 is 0 Å². The Labute approximate surface area is 185 Å². The average molecular weight is 464 g/mol. The Morgan fingerprint density at radius 3 is 2.39 bits per heavy atom. The maximum atomic E-state index is 13.0. The molecule has 0 aliphatic carbocycles. The quantitative estimate of drug-likeness (QED) is 0.720. The van der Waals surface area contributed by atoms with Crippen molar-refractivity contribution in [3.8, 4) is 5.75 Å². The molecule has 0 radical (unpaired) electrons. The Kier molecular flexibility index (Phi) is 5.92. The van der Waals surface area contributed by atoms with Gasteiger partial charge in [0.25, 0.3) is 0 Å². The van der Waals surface area contributed by atoms with Crippen LogP contribution in [0, 0.1) is 0 Å². The molecular weight excluding hydrogens is 442 g/mol. The van der Waals surface area contributed by atoms with Crippen molar-refractivity contribution in [1.29, 1.82) is 0 Å². The Morgan fingerprint density at radius 2 is 1.74 bits per heavy atom. The minimum absolute atomic E-state index is 0.0855. The highest BCUT2D eigenvalue weighted by Crippen LogP contribution is 2.24. The average Bonchev–Trinajstić information content (AvgIpc) is 2.77. The summed E-state index contributed by atoms with van der Waals surface area (Å²) >= 11 is 5.85. The van der Waals surface area contributed by atoms with E-state index in [2.05, 4.69) is 5.32 Å². The number of benzene rings is 2. The van der Waals surface area contributed by atoms with E-state index in [1.54, 1.807) is 19.2 Å². The summed E-state index contributed by atoms with van der Waals surface area (Å²) in [6.07, 6.45) is 0.352. The zero-order valence-electron chi connectivity index (χ0n) is 16.8. The number of fused-ring (bicyclic) bond motifs is 1. The highest BCUT2D eigenvalue weighted by Gasteiger charge is 2.45. The first-order valence-corrected chi connectivity index (χ1v) is 11.6. The summed E-state index contributed by atoms with van der Waals surface area (Å²) in [6, 6.07) is 11.6. The molecule has 0 spiro atoms. The molecule has 0 aromatic heterocycles. The summed E-state index contributed by atoms with van der Waals surface area (Å²) in [7, 11) is -2.22. The van der Waals surface area contributed by atoms with Crippen LogP contribution in [0.4, 0.5) is 0 Å². The third-order valence-electron chi connectivity index (χ3n) is 5.59. The van der Waals surface area contributed by atoms with E-state index in [4.69, 9.17) is 16.3 Å². The topological polar surface area (TPSA) is 96.0 Å². The van der Waals surface area contributed by atoms with Crippen molar-refractivity contribution in [2.45, 2.75) is 23.4 Å². The number of hydrogen-bond acceptors (Lipinski definition) is 5. The van der Waals surface area contributed by atoms with Crippen LogP contribution in [-0.2, 0) is 26.0 Å². The first-order valence-electron chi connectivity index (χ1n) is 9.79. The highest BCUT2D eigenvalue weighted by atomic mass is 35.5. The number of rotatable bonds is 5. The van der Waals surface area contributed by atoms with Crippen LogP contribution in [0.2, 0.25) is 5.02 Å². The molecular formula is C21H22ClN3O5S. The second kappa shape index (κ2) is 8.49. The number of amides is 2. The van der Waals surface area contributed by atoms with Crippen molar-refractivity contribution in [2.75, 3.05) is 26.7 Å². The number of hydrogen-bond donors (Lipinski definition) is 1. The molecule has 2 fully saturated rings. The summed E-state index contributed by atoms with van der Waals surface area (Å²) < 4.78 is 32.3. The smallest absolute Gasteiger partial charge is 0.246 e. The molecule has 0 unspecified atom stereocenters. The summed E-state index contributed by atoms with van der Waals surface area (Å²) in [5.41, 5.74) is 0.891. The molecule has 0 saturated carbocycles. The largest absolute Gasteiger partial charge is 0.497 e. The molecule has 2 aromatic rings. The summed E-state index contributed by atoms with van der Waals surface area (Å²) in [5.74, 6) is 0.152. The predicted octanol–water partition coefficient (Wildman–Crippen LogP) is 1.29. The van der Waals surface area contributed by atoms with Crippen LogP contribution in [0.5, 0.6) is 5.75 Å². The number of sulfonamides is 1. The van der Waals surface area contributed by atoms with Crippen LogP contribution in [0.3, 0.4) is 0 Å². The van der Waals surface area contributed by atoms with Gasteiger partial charge in [0.1, 0.15) is 17.8 Å². The number of piperazine rings is 2. The summed E-state index contributed by atoms with van der Waals surface area (Å²) in [6.45, 7) is 0.191. The molecule has 2 aliphatic rings. The first kappa shape index (κ1) is 21.6. The fraction of sp³-hybridized carbons (Fsp3) is 0.333. The number of ether oxygens (including phenoxy) is 1. The molecule has 4 rings (SSSR count). The van der Waals surface area contributed by atoms with Gasteiger partial charge in [-0.15, -0.1) is 0 Å². The molecule has 2 amide bonds. The van der Waals surface area contributed by atoms with Gasteiger partial charge < -0.3 is 15.0 Å². The van der Waals surface area contributed by atoms with Gasteiger partial charge >= 0.3 is 0 Å². The summed E-state index contributed by atoms with van der Waals surface area (Å²) in [5, 5.41) is 3.20. The van der Waals surface area contributed by atoms with Crippen molar-refractivity contribution in [2.24, 2.45) is 0 Å². The van der Waals surface area contributed by atoms with Crippen molar-refractivity contribution < 1.29 is 22.7 Å². The highest BCUT2D eigenvalue weighted by molar-refractivity contribution is 7.89. The lowest BCUT2D eigenvalue weighted by molar-refractivity contribution is -0.151. The van der Waals surface area contributed by atoms with E-state index in [1.165, 1.54) is 33.5 Å². The predicted molar refractivity (Wildman–Crippen MR) is 114 cm³/mol. The first-order chi connectivity index (χ1) is 14.8. The van der Waals surface area contributed by atoms with Crippen LogP contribution < -0.4 is 10.1 Å². The van der Waals surface area contributed by atoms with E-state index in [9.17, 15) is 18.0 Å². The molecule has 2 atom stereocenters. The normalized spacial score (nSPS) is 22.1. The van der Waals surface area contributed by atoms with Gasteiger partial charge in [-0.1, -0.05) is 23.7 Å². The summed E-state index contributed by atoms with van der Waals surface area (Å²) in [4.78, 5) is 27.4. The minimum atomic E-state index is -3.79. The molecule has 2 heterocycles. The van der Waals surface area contributed by atoms with Gasteiger partial charge in [0.15, 0.2) is 0 Å². The molecule has 0 bridgehead atoms. The lowest BCUT2D eigenvalue weighted by Gasteiger charge is -2.44. The lowest BCUT2D eigenvalue weighted by atomic mass is 9.99. The van der Waals surface area contributed by atoms with Gasteiger partial charge in [-0.05, 0) is 42.0 Å². The van der Waals surface area contributed by atoms with Gasteiger partial charge in [0.05, 0.1) is 12.0 Å². The van der Waals surface area contributed by atoms with Crippen LogP contribution in [0.25, 0.3) is 0 Å². The van der Waals surface area contributed by atoms with E-state index < -0.39 is 22.1 Å². The fourth-order valence-electron chi connectivity index (χ4n) is 3.89. The van der Waals surface area contributed by atoms with Crippen molar-refractivity contribution in [1.82, 2.24) is 14.5 Å². The maximum Gasteiger partial charge on any atom is 0.246 e. The Hall–Kier alpha value is -2.62. The third-order valence-corrected chi connectivity index (χ3v) is 7.73. The molecule has 2 saturated heterocycles. The zero-order valence-corrected chi connectivity index (χ0v) is 18.4. The molecule has 31 heavy (non-hydrogen) atoms. The number of carbonyl (C=O) groups is 2. The van der Waals surface area contributed by atoms with Crippen LogP contribution in [0.15, 0.2) is 53.4 Å². The van der Waals surface area contributed by atoms with Gasteiger partial charge in [-0.2, -0.15) is 4.31 Å². The monoisotopic (exact) mass is 463 g/mol. The molecule has 164 valence electrons. The van der Waals surface area contributed by atoms with Crippen LogP contribution >= 0.6 is 11.6 Å². The SMILES string of the molecule is COc1ccc(C[C@@H]2NC(=O)[C@H]3CN(S(=O)(=O)c4ccc(Cl)cc4)CCN3C2=O)cc1. The second-order valence-electron chi connectivity index (χ2n) is 7.48. The van der Waals surface area contributed by atoms with Gasteiger partial charge in [0, 0.05) is 31.1 Å². The molecule has 2 aromatic carbocycles.